The quantitative estimate of drug-likeness (QED) is 0.724. The lowest BCUT2D eigenvalue weighted by atomic mass is 10.2. The summed E-state index contributed by atoms with van der Waals surface area (Å²) in [5.74, 6) is 0.872. The molecule has 1 amide bonds. The number of hydrogen-bond acceptors (Lipinski definition) is 3. The smallest absolute Gasteiger partial charge is 0.222 e. The summed E-state index contributed by atoms with van der Waals surface area (Å²) in [6, 6.07) is 7.00. The lowest BCUT2D eigenvalue weighted by Gasteiger charge is -2.15. The van der Waals surface area contributed by atoms with E-state index in [4.69, 9.17) is 4.74 Å². The summed E-state index contributed by atoms with van der Waals surface area (Å²) in [4.78, 5) is 23.7. The fraction of sp³-hybridized carbons (Fsp3) is 0.385. The molecule has 1 aliphatic rings. The molecule has 0 bridgehead atoms. The Morgan fingerprint density at radius 1 is 1.41 bits per heavy atom. The molecule has 1 heterocycles. The van der Waals surface area contributed by atoms with E-state index < -0.39 is 0 Å². The monoisotopic (exact) mass is 233 g/mol. The third kappa shape index (κ3) is 3.06. The average Bonchev–Trinajstić information content (AvgIpc) is 2.76. The van der Waals surface area contributed by atoms with Gasteiger partial charge in [-0.2, -0.15) is 0 Å². The zero-order valence-electron chi connectivity index (χ0n) is 9.59. The van der Waals surface area contributed by atoms with Gasteiger partial charge in [0.15, 0.2) is 0 Å². The minimum Gasteiger partial charge on any atom is -0.492 e. The van der Waals surface area contributed by atoms with Crippen LogP contribution < -0.4 is 4.74 Å². The van der Waals surface area contributed by atoms with Crippen LogP contribution in [0.4, 0.5) is 0 Å². The number of carbonyl (C=O) groups excluding carboxylic acids is 2. The number of benzene rings is 1. The van der Waals surface area contributed by atoms with Crippen LogP contribution in [0.1, 0.15) is 23.2 Å². The van der Waals surface area contributed by atoms with Gasteiger partial charge >= 0.3 is 0 Å². The summed E-state index contributed by atoms with van der Waals surface area (Å²) in [5.41, 5.74) is 0.597. The summed E-state index contributed by atoms with van der Waals surface area (Å²) in [5, 5.41) is 0. The maximum Gasteiger partial charge on any atom is 0.222 e. The first-order valence-electron chi connectivity index (χ1n) is 5.75. The minimum atomic E-state index is 0.204. The summed E-state index contributed by atoms with van der Waals surface area (Å²) in [7, 11) is 0. The van der Waals surface area contributed by atoms with Crippen molar-refractivity contribution in [3.8, 4) is 5.75 Å². The molecule has 2 rings (SSSR count). The first-order valence-corrected chi connectivity index (χ1v) is 5.75. The molecular formula is C13H15NO3. The van der Waals surface area contributed by atoms with Crippen LogP contribution in [-0.2, 0) is 4.79 Å². The third-order valence-electron chi connectivity index (χ3n) is 2.80. The molecule has 1 saturated heterocycles. The Morgan fingerprint density at radius 2 is 2.29 bits per heavy atom. The summed E-state index contributed by atoms with van der Waals surface area (Å²) in [6.07, 6.45) is 2.39. The fourth-order valence-corrected chi connectivity index (χ4v) is 1.89. The molecule has 90 valence electrons. The second-order valence-electron chi connectivity index (χ2n) is 4.02. The Balaban J connectivity index is 1.81. The van der Waals surface area contributed by atoms with Crippen LogP contribution >= 0.6 is 0 Å². The van der Waals surface area contributed by atoms with Crippen LogP contribution in [0.5, 0.6) is 5.75 Å². The Bertz CT molecular complexity index is 417. The molecule has 0 radical (unpaired) electrons. The maximum absolute atomic E-state index is 11.3. The van der Waals surface area contributed by atoms with Gasteiger partial charge in [-0.25, -0.2) is 0 Å². The largest absolute Gasteiger partial charge is 0.492 e. The van der Waals surface area contributed by atoms with Gasteiger partial charge in [0.05, 0.1) is 6.54 Å². The van der Waals surface area contributed by atoms with E-state index in [2.05, 4.69) is 0 Å². The zero-order valence-corrected chi connectivity index (χ0v) is 9.59. The fourth-order valence-electron chi connectivity index (χ4n) is 1.89. The van der Waals surface area contributed by atoms with Crippen LogP contribution in [0, 0.1) is 0 Å². The van der Waals surface area contributed by atoms with E-state index >= 15 is 0 Å². The highest BCUT2D eigenvalue weighted by molar-refractivity contribution is 5.78. The van der Waals surface area contributed by atoms with Gasteiger partial charge in [-0.15, -0.1) is 0 Å². The molecule has 4 heteroatoms. The van der Waals surface area contributed by atoms with E-state index in [1.165, 1.54) is 0 Å². The highest BCUT2D eigenvalue weighted by atomic mass is 16.5. The van der Waals surface area contributed by atoms with Crippen molar-refractivity contribution < 1.29 is 14.3 Å². The van der Waals surface area contributed by atoms with Gasteiger partial charge in [-0.05, 0) is 18.6 Å². The highest BCUT2D eigenvalue weighted by Crippen LogP contribution is 2.13. The molecule has 0 spiro atoms. The number of hydrogen-bond donors (Lipinski definition) is 0. The molecule has 0 saturated carbocycles. The Labute approximate surface area is 100 Å². The Kier molecular flexibility index (Phi) is 3.75. The van der Waals surface area contributed by atoms with E-state index in [9.17, 15) is 9.59 Å². The van der Waals surface area contributed by atoms with Crippen molar-refractivity contribution in [2.24, 2.45) is 0 Å². The van der Waals surface area contributed by atoms with Crippen molar-refractivity contribution >= 4 is 12.2 Å². The molecule has 1 aromatic carbocycles. The predicted octanol–water partition coefficient (Wildman–Crippen LogP) is 1.50. The van der Waals surface area contributed by atoms with Gasteiger partial charge in [0.25, 0.3) is 0 Å². The number of likely N-dealkylation sites (tertiary alicyclic amines) is 1. The first-order chi connectivity index (χ1) is 8.29. The molecule has 1 fully saturated rings. The van der Waals surface area contributed by atoms with Gasteiger partial charge in [-0.3, -0.25) is 9.59 Å². The molecular weight excluding hydrogens is 218 g/mol. The summed E-state index contributed by atoms with van der Waals surface area (Å²) in [6.45, 7) is 1.91. The van der Waals surface area contributed by atoms with Crippen molar-refractivity contribution in [1.29, 1.82) is 0 Å². The van der Waals surface area contributed by atoms with Gasteiger partial charge in [-0.1, -0.05) is 12.1 Å². The van der Waals surface area contributed by atoms with Gasteiger partial charge in [0.2, 0.25) is 5.91 Å². The molecule has 0 aromatic heterocycles. The van der Waals surface area contributed by atoms with E-state index in [1.807, 2.05) is 4.90 Å². The first kappa shape index (κ1) is 11.6. The topological polar surface area (TPSA) is 46.6 Å². The number of rotatable bonds is 5. The van der Waals surface area contributed by atoms with E-state index in [0.29, 0.717) is 30.9 Å². The van der Waals surface area contributed by atoms with Gasteiger partial charge in [0.1, 0.15) is 18.6 Å². The summed E-state index contributed by atoms with van der Waals surface area (Å²) >= 11 is 0. The van der Waals surface area contributed by atoms with E-state index in [1.54, 1.807) is 24.3 Å². The average molecular weight is 233 g/mol. The number of amides is 1. The third-order valence-corrected chi connectivity index (χ3v) is 2.80. The van der Waals surface area contributed by atoms with Gasteiger partial charge < -0.3 is 9.64 Å². The lowest BCUT2D eigenvalue weighted by molar-refractivity contribution is -0.128. The molecule has 0 atom stereocenters. The Morgan fingerprint density at radius 3 is 3.00 bits per heavy atom. The molecule has 0 unspecified atom stereocenters. The van der Waals surface area contributed by atoms with Crippen molar-refractivity contribution in [2.45, 2.75) is 12.8 Å². The molecule has 0 aliphatic carbocycles. The van der Waals surface area contributed by atoms with Crippen molar-refractivity contribution in [3.63, 3.8) is 0 Å². The maximum atomic E-state index is 11.3. The van der Waals surface area contributed by atoms with Crippen molar-refractivity contribution in [3.05, 3.63) is 29.8 Å². The van der Waals surface area contributed by atoms with Crippen LogP contribution in [0.2, 0.25) is 0 Å². The van der Waals surface area contributed by atoms with Crippen LogP contribution in [-0.4, -0.2) is 36.8 Å². The lowest BCUT2D eigenvalue weighted by Crippen LogP contribution is -2.29. The SMILES string of the molecule is O=Cc1cccc(OCCN2CCCC2=O)c1. The van der Waals surface area contributed by atoms with Crippen molar-refractivity contribution in [2.75, 3.05) is 19.7 Å². The number of nitrogens with zero attached hydrogens (tertiary/aromatic N) is 1. The molecule has 17 heavy (non-hydrogen) atoms. The molecule has 4 nitrogen and oxygen atoms in total. The second kappa shape index (κ2) is 5.48. The molecule has 1 aromatic rings. The van der Waals surface area contributed by atoms with Gasteiger partial charge in [0, 0.05) is 18.5 Å². The minimum absolute atomic E-state index is 0.204. The second-order valence-corrected chi connectivity index (χ2v) is 4.02. The molecule has 1 aliphatic heterocycles. The number of carbonyl (C=O) groups is 2. The van der Waals surface area contributed by atoms with Crippen LogP contribution in [0.3, 0.4) is 0 Å². The number of aldehydes is 1. The van der Waals surface area contributed by atoms with E-state index in [0.717, 1.165) is 19.3 Å². The normalized spacial score (nSPS) is 15.1. The van der Waals surface area contributed by atoms with Crippen LogP contribution in [0.25, 0.3) is 0 Å². The predicted molar refractivity (Wildman–Crippen MR) is 63.1 cm³/mol. The highest BCUT2D eigenvalue weighted by Gasteiger charge is 2.19. The van der Waals surface area contributed by atoms with Crippen molar-refractivity contribution in [1.82, 2.24) is 4.90 Å². The standard InChI is InChI=1S/C13H15NO3/c15-10-11-3-1-4-12(9-11)17-8-7-14-6-2-5-13(14)16/h1,3-4,9-10H,2,5-8H2. The number of ether oxygens (including phenoxy) is 1. The molecule has 0 N–H and O–H groups in total. The zero-order chi connectivity index (χ0) is 12.1. The summed E-state index contributed by atoms with van der Waals surface area (Å²) < 4.78 is 5.51. The van der Waals surface area contributed by atoms with Crippen LogP contribution in [0.15, 0.2) is 24.3 Å². The van der Waals surface area contributed by atoms with E-state index in [-0.39, 0.29) is 5.91 Å². The Hall–Kier alpha value is -1.84.